The zero-order valence-electron chi connectivity index (χ0n) is 22.5. The molecule has 36 heavy (non-hydrogen) atoms. The van der Waals surface area contributed by atoms with Crippen molar-refractivity contribution in [3.05, 3.63) is 28.8 Å². The Labute approximate surface area is 214 Å². The first kappa shape index (κ1) is 23.5. The number of methoxy groups -OCH3 is 1. The summed E-state index contributed by atoms with van der Waals surface area (Å²) in [6.07, 6.45) is 7.34. The zero-order valence-corrected chi connectivity index (χ0v) is 22.5. The first-order chi connectivity index (χ1) is 16.9. The second kappa shape index (κ2) is 6.86. The van der Waals surface area contributed by atoms with Gasteiger partial charge in [0.2, 0.25) is 0 Å². The van der Waals surface area contributed by atoms with Crippen LogP contribution >= 0.6 is 0 Å². The van der Waals surface area contributed by atoms with E-state index in [0.29, 0.717) is 17.4 Å². The topological polar surface area (TPSA) is 85.0 Å². The molecule has 2 spiro atoms. The molecule has 0 aromatic heterocycles. The lowest BCUT2D eigenvalue weighted by Gasteiger charge is -2.75. The number of hydrogen-bond acceptors (Lipinski definition) is 5. The maximum Gasteiger partial charge on any atom is 0.252 e. The van der Waals surface area contributed by atoms with E-state index in [0.717, 1.165) is 44.6 Å². The molecule has 2 heterocycles. The van der Waals surface area contributed by atoms with Crippen LogP contribution in [0.3, 0.4) is 0 Å². The van der Waals surface area contributed by atoms with Gasteiger partial charge in [0, 0.05) is 42.0 Å². The highest BCUT2D eigenvalue weighted by Crippen LogP contribution is 2.77. The van der Waals surface area contributed by atoms with E-state index in [1.165, 1.54) is 30.5 Å². The van der Waals surface area contributed by atoms with Crippen molar-refractivity contribution in [1.29, 1.82) is 0 Å². The number of likely N-dealkylation sites (tertiary alicyclic amines) is 1. The van der Waals surface area contributed by atoms with Gasteiger partial charge >= 0.3 is 0 Å². The Balaban J connectivity index is 1.49. The molecule has 4 saturated carbocycles. The van der Waals surface area contributed by atoms with E-state index in [-0.39, 0.29) is 28.3 Å². The summed E-state index contributed by atoms with van der Waals surface area (Å²) in [5.74, 6) is 1.04. The van der Waals surface area contributed by atoms with Crippen LogP contribution in [0.15, 0.2) is 12.1 Å². The summed E-state index contributed by atoms with van der Waals surface area (Å²) in [6, 6.07) is 4.45. The van der Waals surface area contributed by atoms with Crippen LogP contribution in [0, 0.1) is 22.7 Å². The molecule has 1 amide bonds. The number of hydrogen-bond donors (Lipinski definition) is 2. The van der Waals surface area contributed by atoms with E-state index in [4.69, 9.17) is 15.2 Å². The Morgan fingerprint density at radius 1 is 1.22 bits per heavy atom. The lowest BCUT2D eigenvalue weighted by atomic mass is 9.33. The maximum atomic E-state index is 12.6. The van der Waals surface area contributed by atoms with Crippen LogP contribution in [0.5, 0.6) is 5.75 Å². The van der Waals surface area contributed by atoms with Gasteiger partial charge in [-0.1, -0.05) is 26.8 Å². The van der Waals surface area contributed by atoms with Crippen LogP contribution in [0.1, 0.15) is 87.7 Å². The van der Waals surface area contributed by atoms with Crippen molar-refractivity contribution >= 4 is 5.91 Å². The third-order valence-corrected chi connectivity index (χ3v) is 12.1. The average Bonchev–Trinajstić information content (AvgIpc) is 3.56. The van der Waals surface area contributed by atoms with E-state index in [2.05, 4.69) is 31.7 Å². The predicted molar refractivity (Wildman–Crippen MR) is 137 cm³/mol. The number of nitrogens with two attached hydrogens (primary N) is 1. The number of nitrogens with zero attached hydrogens (tertiary/aromatic N) is 1. The van der Waals surface area contributed by atoms with Crippen LogP contribution in [-0.4, -0.2) is 59.5 Å². The fraction of sp³-hybridized carbons (Fsp3) is 0.767. The summed E-state index contributed by atoms with van der Waals surface area (Å²) in [5.41, 5.74) is 6.86. The Hall–Kier alpha value is -1.63. The Morgan fingerprint density at radius 2 is 1.97 bits per heavy atom. The summed E-state index contributed by atoms with van der Waals surface area (Å²) in [7, 11) is 1.81. The molecule has 4 bridgehead atoms. The third-order valence-electron chi connectivity index (χ3n) is 12.1. The van der Waals surface area contributed by atoms with Crippen molar-refractivity contribution in [2.24, 2.45) is 28.4 Å². The van der Waals surface area contributed by atoms with E-state index in [9.17, 15) is 9.90 Å². The summed E-state index contributed by atoms with van der Waals surface area (Å²) in [6.45, 7) is 10.7. The lowest BCUT2D eigenvalue weighted by molar-refractivity contribution is -0.312. The second-order valence-corrected chi connectivity index (χ2v) is 14.2. The van der Waals surface area contributed by atoms with Crippen LogP contribution in [0.2, 0.25) is 0 Å². The molecule has 7 aliphatic rings. The minimum Gasteiger partial charge on any atom is -0.485 e. The van der Waals surface area contributed by atoms with Crippen molar-refractivity contribution in [3.8, 4) is 5.75 Å². The SMILES string of the molecule is CO[C@@]12CC[C@@]3(C[C@@H]1C(C)(O)C(C)(C)C)[C@H]1Cc4ccc(C(N)=O)c5c4[C@@]3(CCN1CC1CC1)[C@H]2O5. The summed E-state index contributed by atoms with van der Waals surface area (Å²) in [4.78, 5) is 15.4. The van der Waals surface area contributed by atoms with Crippen molar-refractivity contribution in [1.82, 2.24) is 4.90 Å². The van der Waals surface area contributed by atoms with Crippen molar-refractivity contribution in [2.45, 2.75) is 101 Å². The standard InChI is InChI=1S/C30H42N2O4/c1-26(2,3)27(4,34)20-15-28-10-11-30(20,35-5)25-29(28)12-13-32(16-17-6-7-17)21(28)14-18-8-9-19(24(31)33)23(36-25)22(18)29/h8-9,17,20-21,25,34H,6-7,10-16H2,1-5H3,(H2,31,33)/t20-,21-,25-,27?,28-,29+,30+/m1/s1. The highest BCUT2D eigenvalue weighted by atomic mass is 16.6. The van der Waals surface area contributed by atoms with Gasteiger partial charge in [-0.25, -0.2) is 0 Å². The highest BCUT2D eigenvalue weighted by Gasteiger charge is 2.82. The molecule has 6 nitrogen and oxygen atoms in total. The third kappa shape index (κ3) is 2.48. The van der Waals surface area contributed by atoms with Crippen molar-refractivity contribution < 1.29 is 19.4 Å². The second-order valence-electron chi connectivity index (χ2n) is 14.2. The van der Waals surface area contributed by atoms with Gasteiger partial charge in [-0.3, -0.25) is 9.69 Å². The van der Waals surface area contributed by atoms with Crippen LogP contribution < -0.4 is 10.5 Å². The van der Waals surface area contributed by atoms with E-state index in [1.807, 2.05) is 20.1 Å². The number of primary amides is 1. The summed E-state index contributed by atoms with van der Waals surface area (Å²) in [5, 5.41) is 12.3. The normalized spacial score (nSPS) is 42.0. The summed E-state index contributed by atoms with van der Waals surface area (Å²) >= 11 is 0. The van der Waals surface area contributed by atoms with E-state index < -0.39 is 17.1 Å². The molecule has 196 valence electrons. The highest BCUT2D eigenvalue weighted by molar-refractivity contribution is 5.97. The number of carbonyl (C=O) groups is 1. The number of amides is 1. The van der Waals surface area contributed by atoms with Gasteiger partial charge in [0.1, 0.15) is 17.5 Å². The monoisotopic (exact) mass is 494 g/mol. The first-order valence-electron chi connectivity index (χ1n) is 14.1. The molecule has 1 saturated heterocycles. The van der Waals surface area contributed by atoms with Gasteiger partial charge < -0.3 is 20.3 Å². The van der Waals surface area contributed by atoms with Crippen molar-refractivity contribution in [3.63, 3.8) is 0 Å². The largest absolute Gasteiger partial charge is 0.485 e. The van der Waals surface area contributed by atoms with Gasteiger partial charge in [-0.15, -0.1) is 0 Å². The average molecular weight is 495 g/mol. The summed E-state index contributed by atoms with van der Waals surface area (Å²) < 4.78 is 13.6. The Kier molecular flexibility index (Phi) is 4.48. The number of ether oxygens (including phenoxy) is 2. The fourth-order valence-corrected chi connectivity index (χ4v) is 9.79. The number of benzene rings is 1. The molecule has 7 atom stereocenters. The molecular weight excluding hydrogens is 452 g/mol. The van der Waals surface area contributed by atoms with Crippen LogP contribution in [-0.2, 0) is 16.6 Å². The number of rotatable bonds is 5. The molecule has 5 aliphatic carbocycles. The molecule has 2 aliphatic heterocycles. The van der Waals surface area contributed by atoms with Gasteiger partial charge in [-0.05, 0) is 81.4 Å². The smallest absolute Gasteiger partial charge is 0.252 e. The molecule has 1 aromatic carbocycles. The quantitative estimate of drug-likeness (QED) is 0.650. The minimum absolute atomic E-state index is 0.0144. The molecule has 1 unspecified atom stereocenters. The predicted octanol–water partition coefficient (Wildman–Crippen LogP) is 3.81. The zero-order chi connectivity index (χ0) is 25.5. The lowest BCUT2D eigenvalue weighted by Crippen LogP contribution is -2.83. The molecule has 3 N–H and O–H groups in total. The number of carbonyl (C=O) groups excluding carboxylic acids is 1. The van der Waals surface area contributed by atoms with Crippen LogP contribution in [0.25, 0.3) is 0 Å². The number of aliphatic hydroxyl groups is 1. The van der Waals surface area contributed by atoms with E-state index in [1.54, 1.807) is 0 Å². The van der Waals surface area contributed by atoms with Crippen molar-refractivity contribution in [2.75, 3.05) is 20.2 Å². The van der Waals surface area contributed by atoms with E-state index >= 15 is 0 Å². The Bertz CT molecular complexity index is 1150. The molecular formula is C30H42N2O4. The van der Waals surface area contributed by atoms with Crippen LogP contribution in [0.4, 0.5) is 0 Å². The molecule has 8 rings (SSSR count). The molecule has 6 heteroatoms. The number of fused-ring (bicyclic) bond motifs is 2. The fourth-order valence-electron chi connectivity index (χ4n) is 9.79. The molecule has 1 aromatic rings. The molecule has 5 fully saturated rings. The van der Waals surface area contributed by atoms with Gasteiger partial charge in [0.25, 0.3) is 5.91 Å². The van der Waals surface area contributed by atoms with Gasteiger partial charge in [0.15, 0.2) is 0 Å². The molecule has 0 radical (unpaired) electrons. The Morgan fingerprint density at radius 3 is 2.61 bits per heavy atom. The van der Waals surface area contributed by atoms with Gasteiger partial charge in [-0.2, -0.15) is 0 Å². The maximum absolute atomic E-state index is 12.6. The number of piperidine rings is 1. The van der Waals surface area contributed by atoms with Gasteiger partial charge in [0.05, 0.1) is 11.2 Å². The minimum atomic E-state index is -0.946. The first-order valence-corrected chi connectivity index (χ1v) is 14.1.